The molecule has 2 heterocycles. The van der Waals surface area contributed by atoms with Gasteiger partial charge in [-0.05, 0) is 26.2 Å². The maximum absolute atomic E-state index is 12.3. The van der Waals surface area contributed by atoms with Gasteiger partial charge >= 0.3 is 5.97 Å². The topological polar surface area (TPSA) is 83.6 Å². The Morgan fingerprint density at radius 1 is 1.35 bits per heavy atom. The van der Waals surface area contributed by atoms with Crippen LogP contribution >= 0.6 is 0 Å². The van der Waals surface area contributed by atoms with Gasteiger partial charge in [-0.25, -0.2) is 4.98 Å². The first-order chi connectivity index (χ1) is 9.39. The lowest BCUT2D eigenvalue weighted by atomic mass is 9.76. The molecule has 110 valence electrons. The molecule has 0 aliphatic carbocycles. The maximum Gasteiger partial charge on any atom is 0.309 e. The number of piperidine rings is 1. The molecule has 0 unspecified atom stereocenters. The van der Waals surface area contributed by atoms with Crippen molar-refractivity contribution in [2.75, 3.05) is 13.1 Å². The van der Waals surface area contributed by atoms with Crippen molar-refractivity contribution >= 4 is 11.9 Å². The number of rotatable bonds is 3. The first-order valence-corrected chi connectivity index (χ1v) is 6.86. The zero-order valence-electron chi connectivity index (χ0n) is 12.1. The number of hydrogen-bond donors (Lipinski definition) is 1. The molecular formula is C14H20N2O4. The molecular weight excluding hydrogens is 260 g/mol. The number of amides is 1. The van der Waals surface area contributed by atoms with Crippen LogP contribution in [0.2, 0.25) is 0 Å². The van der Waals surface area contributed by atoms with Crippen molar-refractivity contribution < 1.29 is 19.1 Å². The predicted octanol–water partition coefficient (Wildman–Crippen LogP) is 2.01. The van der Waals surface area contributed by atoms with Gasteiger partial charge in [-0.3, -0.25) is 9.59 Å². The third-order valence-corrected chi connectivity index (χ3v) is 4.24. The summed E-state index contributed by atoms with van der Waals surface area (Å²) in [4.78, 5) is 29.5. The fourth-order valence-electron chi connectivity index (χ4n) is 2.73. The van der Waals surface area contributed by atoms with Crippen LogP contribution in [-0.4, -0.2) is 40.0 Å². The second-order valence-corrected chi connectivity index (χ2v) is 5.38. The minimum absolute atomic E-state index is 0.196. The van der Waals surface area contributed by atoms with Crippen LogP contribution in [0.3, 0.4) is 0 Å². The summed E-state index contributed by atoms with van der Waals surface area (Å²) in [5.41, 5.74) is -0.110. The van der Waals surface area contributed by atoms with Crippen LogP contribution in [0.4, 0.5) is 0 Å². The summed E-state index contributed by atoms with van der Waals surface area (Å²) in [6, 6.07) is 0. The number of carboxylic acids is 1. The van der Waals surface area contributed by atoms with E-state index in [1.165, 1.54) is 0 Å². The quantitative estimate of drug-likeness (QED) is 0.915. The lowest BCUT2D eigenvalue weighted by molar-refractivity contribution is -0.152. The average molecular weight is 280 g/mol. The van der Waals surface area contributed by atoms with E-state index in [1.54, 1.807) is 18.7 Å². The highest BCUT2D eigenvalue weighted by Crippen LogP contribution is 2.35. The Hall–Kier alpha value is -1.85. The van der Waals surface area contributed by atoms with Gasteiger partial charge in [0.1, 0.15) is 0 Å². The van der Waals surface area contributed by atoms with E-state index in [0.717, 1.165) is 0 Å². The number of oxazole rings is 1. The van der Waals surface area contributed by atoms with Crippen molar-refractivity contribution in [3.63, 3.8) is 0 Å². The van der Waals surface area contributed by atoms with Crippen molar-refractivity contribution in [3.05, 3.63) is 17.3 Å². The van der Waals surface area contributed by atoms with E-state index < -0.39 is 11.4 Å². The molecule has 0 atom stereocenters. The number of hydrogen-bond acceptors (Lipinski definition) is 4. The van der Waals surface area contributed by atoms with Gasteiger partial charge in [0.15, 0.2) is 5.89 Å². The van der Waals surface area contributed by atoms with Gasteiger partial charge in [-0.1, -0.05) is 6.92 Å². The number of carbonyl (C=O) groups excluding carboxylic acids is 1. The number of aromatic nitrogens is 1. The first-order valence-electron chi connectivity index (χ1n) is 6.86. The number of carbonyl (C=O) groups is 2. The van der Waals surface area contributed by atoms with Gasteiger partial charge in [0, 0.05) is 20.0 Å². The van der Waals surface area contributed by atoms with E-state index in [2.05, 4.69) is 4.98 Å². The summed E-state index contributed by atoms with van der Waals surface area (Å²) in [5.74, 6) is -0.227. The third-order valence-electron chi connectivity index (χ3n) is 4.24. The second kappa shape index (κ2) is 5.26. The molecule has 1 aliphatic heterocycles. The Morgan fingerprint density at radius 3 is 2.35 bits per heavy atom. The molecule has 2 rings (SSSR count). The monoisotopic (exact) mass is 280 g/mol. The number of nitrogens with zero attached hydrogens (tertiary/aromatic N) is 2. The van der Waals surface area contributed by atoms with E-state index in [9.17, 15) is 14.7 Å². The van der Waals surface area contributed by atoms with E-state index in [0.29, 0.717) is 43.9 Å². The summed E-state index contributed by atoms with van der Waals surface area (Å²) >= 11 is 0. The summed E-state index contributed by atoms with van der Waals surface area (Å²) in [7, 11) is 0. The number of aryl methyl sites for hydroxylation is 2. The van der Waals surface area contributed by atoms with E-state index in [1.807, 2.05) is 6.92 Å². The molecule has 1 fully saturated rings. The van der Waals surface area contributed by atoms with Crippen LogP contribution in [0.5, 0.6) is 0 Å². The van der Waals surface area contributed by atoms with Crippen LogP contribution in [0.25, 0.3) is 0 Å². The molecule has 20 heavy (non-hydrogen) atoms. The van der Waals surface area contributed by atoms with Crippen molar-refractivity contribution in [2.24, 2.45) is 5.41 Å². The number of aliphatic carboxylic acids is 1. The Balaban J connectivity index is 2.09. The molecule has 1 aromatic heterocycles. The molecule has 0 radical (unpaired) electrons. The molecule has 1 amide bonds. The van der Waals surface area contributed by atoms with Crippen LogP contribution in [0, 0.1) is 19.3 Å². The highest BCUT2D eigenvalue weighted by atomic mass is 16.4. The number of carboxylic acid groups (broad SMARTS) is 1. The summed E-state index contributed by atoms with van der Waals surface area (Å²) in [6.07, 6.45) is 1.55. The van der Waals surface area contributed by atoms with E-state index in [-0.39, 0.29) is 11.7 Å². The van der Waals surface area contributed by atoms with Gasteiger partial charge in [-0.2, -0.15) is 0 Å². The molecule has 6 heteroatoms. The van der Waals surface area contributed by atoms with E-state index >= 15 is 0 Å². The minimum atomic E-state index is -0.765. The van der Waals surface area contributed by atoms with Crippen LogP contribution < -0.4 is 0 Å². The zero-order valence-corrected chi connectivity index (χ0v) is 12.1. The molecule has 0 spiro atoms. The summed E-state index contributed by atoms with van der Waals surface area (Å²) < 4.78 is 5.34. The van der Waals surface area contributed by atoms with Gasteiger partial charge in [0.05, 0.1) is 11.1 Å². The largest absolute Gasteiger partial charge is 0.481 e. The van der Waals surface area contributed by atoms with E-state index in [4.69, 9.17) is 4.42 Å². The Labute approximate surface area is 117 Å². The lowest BCUT2D eigenvalue weighted by Crippen LogP contribution is -2.46. The van der Waals surface area contributed by atoms with Gasteiger partial charge in [0.25, 0.3) is 5.91 Å². The van der Waals surface area contributed by atoms with Gasteiger partial charge in [-0.15, -0.1) is 0 Å². The summed E-state index contributed by atoms with van der Waals surface area (Å²) in [6.45, 7) is 6.21. The summed E-state index contributed by atoms with van der Waals surface area (Å²) in [5, 5.41) is 9.35. The smallest absolute Gasteiger partial charge is 0.309 e. The van der Waals surface area contributed by atoms with Crippen molar-refractivity contribution in [1.29, 1.82) is 0 Å². The normalized spacial score (nSPS) is 18.1. The minimum Gasteiger partial charge on any atom is -0.481 e. The molecule has 0 saturated carbocycles. The van der Waals surface area contributed by atoms with Crippen molar-refractivity contribution in [3.8, 4) is 0 Å². The third kappa shape index (κ3) is 2.42. The average Bonchev–Trinajstić information content (AvgIpc) is 2.76. The molecule has 1 aromatic rings. The highest BCUT2D eigenvalue weighted by molar-refractivity contribution is 5.92. The molecule has 0 bridgehead atoms. The Kier molecular flexibility index (Phi) is 3.83. The van der Waals surface area contributed by atoms with Gasteiger partial charge < -0.3 is 14.4 Å². The first kappa shape index (κ1) is 14.6. The van der Waals surface area contributed by atoms with Crippen molar-refractivity contribution in [1.82, 2.24) is 9.88 Å². The molecule has 1 aliphatic rings. The Morgan fingerprint density at radius 2 is 1.95 bits per heavy atom. The molecule has 1 saturated heterocycles. The SMILES string of the molecule is CCC1(C(=O)O)CCN(C(=O)c2oc(C)nc2C)CC1. The van der Waals surface area contributed by atoms with Crippen LogP contribution in [0.1, 0.15) is 48.3 Å². The van der Waals surface area contributed by atoms with Crippen molar-refractivity contribution in [2.45, 2.75) is 40.0 Å². The Bertz CT molecular complexity index is 527. The molecule has 0 aromatic carbocycles. The fourth-order valence-corrected chi connectivity index (χ4v) is 2.73. The highest BCUT2D eigenvalue weighted by Gasteiger charge is 2.41. The van der Waals surface area contributed by atoms with Gasteiger partial charge in [0.2, 0.25) is 5.76 Å². The van der Waals surface area contributed by atoms with Crippen LogP contribution in [0.15, 0.2) is 4.42 Å². The number of likely N-dealkylation sites (tertiary alicyclic amines) is 1. The standard InChI is InChI=1S/C14H20N2O4/c1-4-14(13(18)19)5-7-16(8-6-14)12(17)11-9(2)15-10(3)20-11/h4-8H2,1-3H3,(H,18,19). The lowest BCUT2D eigenvalue weighted by Gasteiger charge is -2.38. The predicted molar refractivity (Wildman–Crippen MR) is 71.5 cm³/mol. The fraction of sp³-hybridized carbons (Fsp3) is 0.643. The zero-order chi connectivity index (χ0) is 14.9. The van der Waals surface area contributed by atoms with Crippen LogP contribution in [-0.2, 0) is 4.79 Å². The molecule has 1 N–H and O–H groups in total. The molecule has 6 nitrogen and oxygen atoms in total. The maximum atomic E-state index is 12.3. The second-order valence-electron chi connectivity index (χ2n) is 5.38.